The summed E-state index contributed by atoms with van der Waals surface area (Å²) in [5.41, 5.74) is 0. The molecule has 2 aliphatic heterocycles. The number of hydrogen-bond donors (Lipinski definition) is 0. The molecule has 2 fully saturated rings. The first-order valence-corrected chi connectivity index (χ1v) is 4.02. The molecule has 2 aliphatic rings. The van der Waals surface area contributed by atoms with Crippen molar-refractivity contribution in [1.82, 2.24) is 4.90 Å². The standard InChI is InChI=1S/C7H13NO3/c1-3-9-4-2-8(1)7-10-5-6-11-7/h7H,1-6H2. The number of morpholine rings is 1. The molecule has 0 unspecified atom stereocenters. The van der Waals surface area contributed by atoms with Crippen molar-refractivity contribution in [2.45, 2.75) is 6.41 Å². The quantitative estimate of drug-likeness (QED) is 0.523. The predicted octanol–water partition coefficient (Wildman–Crippen LogP) is -0.351. The first-order valence-electron chi connectivity index (χ1n) is 4.02. The van der Waals surface area contributed by atoms with Crippen molar-refractivity contribution >= 4 is 0 Å². The van der Waals surface area contributed by atoms with Crippen molar-refractivity contribution in [3.8, 4) is 0 Å². The lowest BCUT2D eigenvalue weighted by atomic mass is 10.4. The summed E-state index contributed by atoms with van der Waals surface area (Å²) in [5, 5.41) is 0. The maximum absolute atomic E-state index is 5.34. The Hall–Kier alpha value is -0.160. The van der Waals surface area contributed by atoms with Gasteiger partial charge >= 0.3 is 0 Å². The van der Waals surface area contributed by atoms with Crippen LogP contribution in [0.15, 0.2) is 0 Å². The summed E-state index contributed by atoms with van der Waals surface area (Å²) in [6, 6.07) is 0. The van der Waals surface area contributed by atoms with E-state index in [1.54, 1.807) is 0 Å². The SMILES string of the molecule is C1CN(C2OCCO2)CCO1. The van der Waals surface area contributed by atoms with Crippen LogP contribution in [0.5, 0.6) is 0 Å². The van der Waals surface area contributed by atoms with Gasteiger partial charge in [0.2, 0.25) is 6.41 Å². The molecule has 0 radical (unpaired) electrons. The van der Waals surface area contributed by atoms with Gasteiger partial charge in [0, 0.05) is 13.1 Å². The van der Waals surface area contributed by atoms with E-state index in [1.807, 2.05) is 0 Å². The molecule has 2 rings (SSSR count). The van der Waals surface area contributed by atoms with Gasteiger partial charge in [0.1, 0.15) is 0 Å². The first kappa shape index (κ1) is 7.49. The topological polar surface area (TPSA) is 30.9 Å². The van der Waals surface area contributed by atoms with Gasteiger partial charge in [0.15, 0.2) is 0 Å². The minimum absolute atomic E-state index is 0.0982. The highest BCUT2D eigenvalue weighted by atomic mass is 16.7. The Labute approximate surface area is 66.0 Å². The van der Waals surface area contributed by atoms with Crippen LogP contribution in [0.1, 0.15) is 0 Å². The fourth-order valence-electron chi connectivity index (χ4n) is 1.35. The summed E-state index contributed by atoms with van der Waals surface area (Å²) in [7, 11) is 0. The molecule has 0 aromatic heterocycles. The van der Waals surface area contributed by atoms with E-state index < -0.39 is 0 Å². The van der Waals surface area contributed by atoms with Crippen LogP contribution in [-0.4, -0.2) is 50.8 Å². The molecular weight excluding hydrogens is 146 g/mol. The molecule has 0 spiro atoms. The van der Waals surface area contributed by atoms with Gasteiger partial charge in [-0.15, -0.1) is 0 Å². The molecule has 0 bridgehead atoms. The van der Waals surface area contributed by atoms with Crippen molar-refractivity contribution in [1.29, 1.82) is 0 Å². The average Bonchev–Trinajstić information content (AvgIpc) is 2.58. The summed E-state index contributed by atoms with van der Waals surface area (Å²) >= 11 is 0. The monoisotopic (exact) mass is 159 g/mol. The Balaban J connectivity index is 1.82. The lowest BCUT2D eigenvalue weighted by Gasteiger charge is -2.29. The first-order chi connectivity index (χ1) is 5.47. The van der Waals surface area contributed by atoms with Gasteiger partial charge in [-0.1, -0.05) is 0 Å². The van der Waals surface area contributed by atoms with E-state index in [0.29, 0.717) is 0 Å². The zero-order chi connectivity index (χ0) is 7.52. The summed E-state index contributed by atoms with van der Waals surface area (Å²) in [5.74, 6) is 0. The lowest BCUT2D eigenvalue weighted by molar-refractivity contribution is -0.173. The zero-order valence-electron chi connectivity index (χ0n) is 6.49. The molecule has 0 saturated carbocycles. The van der Waals surface area contributed by atoms with Crippen LogP contribution in [0.2, 0.25) is 0 Å². The van der Waals surface area contributed by atoms with Crippen molar-refractivity contribution < 1.29 is 14.2 Å². The molecule has 0 N–H and O–H groups in total. The summed E-state index contributed by atoms with van der Waals surface area (Å²) in [4.78, 5) is 2.16. The third-order valence-electron chi connectivity index (χ3n) is 1.95. The molecule has 2 heterocycles. The number of rotatable bonds is 1. The Morgan fingerprint density at radius 2 is 1.55 bits per heavy atom. The molecule has 0 aromatic carbocycles. The fourth-order valence-corrected chi connectivity index (χ4v) is 1.35. The minimum atomic E-state index is -0.0982. The molecule has 64 valence electrons. The third-order valence-corrected chi connectivity index (χ3v) is 1.95. The molecule has 2 saturated heterocycles. The van der Waals surface area contributed by atoms with E-state index in [9.17, 15) is 0 Å². The second-order valence-electron chi connectivity index (χ2n) is 2.70. The van der Waals surface area contributed by atoms with Gasteiger partial charge < -0.3 is 14.2 Å². The zero-order valence-corrected chi connectivity index (χ0v) is 6.49. The van der Waals surface area contributed by atoms with Crippen molar-refractivity contribution in [3.63, 3.8) is 0 Å². The van der Waals surface area contributed by atoms with Gasteiger partial charge in [-0.2, -0.15) is 0 Å². The maximum atomic E-state index is 5.34. The van der Waals surface area contributed by atoms with E-state index in [0.717, 1.165) is 39.5 Å². The van der Waals surface area contributed by atoms with Crippen LogP contribution in [0.3, 0.4) is 0 Å². The summed E-state index contributed by atoms with van der Waals surface area (Å²) in [6.45, 7) is 4.88. The maximum Gasteiger partial charge on any atom is 0.218 e. The Kier molecular flexibility index (Phi) is 2.38. The van der Waals surface area contributed by atoms with Crippen molar-refractivity contribution in [3.05, 3.63) is 0 Å². The van der Waals surface area contributed by atoms with Crippen LogP contribution in [0, 0.1) is 0 Å². The lowest BCUT2D eigenvalue weighted by Crippen LogP contribution is -2.43. The number of nitrogens with zero attached hydrogens (tertiary/aromatic N) is 1. The van der Waals surface area contributed by atoms with Crippen molar-refractivity contribution in [2.24, 2.45) is 0 Å². The molecule has 4 nitrogen and oxygen atoms in total. The molecule has 4 heteroatoms. The van der Waals surface area contributed by atoms with E-state index in [2.05, 4.69) is 4.90 Å². The number of hydrogen-bond acceptors (Lipinski definition) is 4. The number of ether oxygens (including phenoxy) is 3. The summed E-state index contributed by atoms with van der Waals surface area (Å²) < 4.78 is 15.9. The van der Waals surface area contributed by atoms with Gasteiger partial charge in [0.25, 0.3) is 0 Å². The normalized spacial score (nSPS) is 29.5. The van der Waals surface area contributed by atoms with Gasteiger partial charge in [-0.25, -0.2) is 0 Å². The highest BCUT2D eigenvalue weighted by molar-refractivity contribution is 4.63. The summed E-state index contributed by atoms with van der Waals surface area (Å²) in [6.07, 6.45) is -0.0982. The van der Waals surface area contributed by atoms with Crippen molar-refractivity contribution in [2.75, 3.05) is 39.5 Å². The molecule has 0 amide bonds. The van der Waals surface area contributed by atoms with E-state index in [1.165, 1.54) is 0 Å². The molecule has 0 aliphatic carbocycles. The Morgan fingerprint density at radius 3 is 2.18 bits per heavy atom. The van der Waals surface area contributed by atoms with Gasteiger partial charge in [0.05, 0.1) is 26.4 Å². The minimum Gasteiger partial charge on any atom is -0.379 e. The van der Waals surface area contributed by atoms with Crippen LogP contribution in [-0.2, 0) is 14.2 Å². The molecule has 11 heavy (non-hydrogen) atoms. The van der Waals surface area contributed by atoms with Crippen LogP contribution >= 0.6 is 0 Å². The molecule has 0 atom stereocenters. The Bertz CT molecular complexity index is 119. The largest absolute Gasteiger partial charge is 0.379 e. The molecular formula is C7H13NO3. The van der Waals surface area contributed by atoms with Crippen LogP contribution in [0.25, 0.3) is 0 Å². The average molecular weight is 159 g/mol. The third kappa shape index (κ3) is 1.70. The van der Waals surface area contributed by atoms with Crippen LogP contribution in [0.4, 0.5) is 0 Å². The van der Waals surface area contributed by atoms with E-state index in [-0.39, 0.29) is 6.41 Å². The second kappa shape index (κ2) is 3.49. The second-order valence-corrected chi connectivity index (χ2v) is 2.70. The van der Waals surface area contributed by atoms with E-state index in [4.69, 9.17) is 14.2 Å². The highest BCUT2D eigenvalue weighted by Crippen LogP contribution is 2.10. The smallest absolute Gasteiger partial charge is 0.218 e. The van der Waals surface area contributed by atoms with Crippen LogP contribution < -0.4 is 0 Å². The molecule has 0 aromatic rings. The van der Waals surface area contributed by atoms with E-state index >= 15 is 0 Å². The highest BCUT2D eigenvalue weighted by Gasteiger charge is 2.25. The predicted molar refractivity (Wildman–Crippen MR) is 38.1 cm³/mol. The Morgan fingerprint density at radius 1 is 0.909 bits per heavy atom. The van der Waals surface area contributed by atoms with Gasteiger partial charge in [-0.05, 0) is 0 Å². The van der Waals surface area contributed by atoms with Gasteiger partial charge in [-0.3, -0.25) is 4.90 Å². The fraction of sp³-hybridized carbons (Fsp3) is 1.00.